The number of carbonyl (C=O) groups excluding carboxylic acids is 2. The van der Waals surface area contributed by atoms with Crippen molar-refractivity contribution in [3.05, 3.63) is 35.4 Å². The molecular weight excluding hydrogens is 204 g/mol. The summed E-state index contributed by atoms with van der Waals surface area (Å²) in [5, 5.41) is 0. The topological polar surface area (TPSA) is 43.4 Å². The second-order valence-corrected chi connectivity index (χ2v) is 4.12. The average molecular weight is 218 g/mol. The van der Waals surface area contributed by atoms with Crippen molar-refractivity contribution in [2.75, 3.05) is 0 Å². The zero-order valence-electron chi connectivity index (χ0n) is 9.23. The highest BCUT2D eigenvalue weighted by atomic mass is 16.5. The van der Waals surface area contributed by atoms with Gasteiger partial charge in [-0.1, -0.05) is 24.3 Å². The Bertz CT molecular complexity index is 415. The van der Waals surface area contributed by atoms with Crippen molar-refractivity contribution in [3.8, 4) is 0 Å². The zero-order valence-corrected chi connectivity index (χ0v) is 9.23. The first-order valence-corrected chi connectivity index (χ1v) is 5.39. The third kappa shape index (κ3) is 2.30. The minimum atomic E-state index is -0.278. The summed E-state index contributed by atoms with van der Waals surface area (Å²) in [4.78, 5) is 21.7. The van der Waals surface area contributed by atoms with E-state index in [-0.39, 0.29) is 5.97 Å². The summed E-state index contributed by atoms with van der Waals surface area (Å²) < 4.78 is 4.99. The molecule has 2 rings (SSSR count). The summed E-state index contributed by atoms with van der Waals surface area (Å²) in [6.07, 6.45) is 1.24. The third-order valence-electron chi connectivity index (χ3n) is 2.87. The Kier molecular flexibility index (Phi) is 3.04. The highest BCUT2D eigenvalue weighted by molar-refractivity contribution is 5.86. The van der Waals surface area contributed by atoms with Gasteiger partial charge in [0.15, 0.2) is 0 Å². The first-order chi connectivity index (χ1) is 7.66. The fourth-order valence-electron chi connectivity index (χ4n) is 1.95. The Morgan fingerprint density at radius 3 is 2.69 bits per heavy atom. The summed E-state index contributed by atoms with van der Waals surface area (Å²) in [7, 11) is 0. The van der Waals surface area contributed by atoms with Crippen molar-refractivity contribution in [1.29, 1.82) is 0 Å². The van der Waals surface area contributed by atoms with Crippen LogP contribution in [-0.2, 0) is 20.9 Å². The maximum Gasteiger partial charge on any atom is 0.302 e. The van der Waals surface area contributed by atoms with Crippen LogP contribution >= 0.6 is 0 Å². The molecule has 0 unspecified atom stereocenters. The smallest absolute Gasteiger partial charge is 0.302 e. The second kappa shape index (κ2) is 4.47. The van der Waals surface area contributed by atoms with E-state index >= 15 is 0 Å². The molecule has 0 aromatic heterocycles. The first-order valence-electron chi connectivity index (χ1n) is 5.39. The van der Waals surface area contributed by atoms with E-state index < -0.39 is 0 Å². The monoisotopic (exact) mass is 218 g/mol. The highest BCUT2D eigenvalue weighted by Crippen LogP contribution is 2.35. The number of esters is 1. The fourth-order valence-corrected chi connectivity index (χ4v) is 1.95. The van der Waals surface area contributed by atoms with Crippen LogP contribution in [0.2, 0.25) is 0 Å². The van der Waals surface area contributed by atoms with E-state index in [9.17, 15) is 9.59 Å². The summed E-state index contributed by atoms with van der Waals surface area (Å²) in [5.41, 5.74) is 2.15. The van der Waals surface area contributed by atoms with E-state index in [0.29, 0.717) is 31.1 Å². The number of carbonyl (C=O) groups is 2. The molecule has 0 N–H and O–H groups in total. The molecule has 0 spiro atoms. The molecule has 16 heavy (non-hydrogen) atoms. The lowest BCUT2D eigenvalue weighted by atomic mass is 9.77. The molecule has 1 saturated carbocycles. The minimum Gasteiger partial charge on any atom is -0.461 e. The lowest BCUT2D eigenvalue weighted by Crippen LogP contribution is -2.22. The molecular formula is C13H14O3. The molecule has 0 atom stereocenters. The van der Waals surface area contributed by atoms with E-state index in [2.05, 4.69) is 0 Å². The van der Waals surface area contributed by atoms with Crippen molar-refractivity contribution in [1.82, 2.24) is 0 Å². The Labute approximate surface area is 94.4 Å². The van der Waals surface area contributed by atoms with Gasteiger partial charge in [0.2, 0.25) is 0 Å². The first kappa shape index (κ1) is 10.9. The summed E-state index contributed by atoms with van der Waals surface area (Å²) in [5.74, 6) is 0.353. The predicted molar refractivity (Wildman–Crippen MR) is 58.9 cm³/mol. The van der Waals surface area contributed by atoms with Gasteiger partial charge < -0.3 is 4.74 Å². The van der Waals surface area contributed by atoms with Crippen LogP contribution in [0.15, 0.2) is 24.3 Å². The van der Waals surface area contributed by atoms with Crippen LogP contribution in [0.5, 0.6) is 0 Å². The molecule has 1 aliphatic carbocycles. The second-order valence-electron chi connectivity index (χ2n) is 4.12. The van der Waals surface area contributed by atoms with Crippen LogP contribution in [0, 0.1) is 0 Å². The van der Waals surface area contributed by atoms with Crippen LogP contribution in [0.4, 0.5) is 0 Å². The molecule has 1 aliphatic rings. The number of benzene rings is 1. The van der Waals surface area contributed by atoms with Gasteiger partial charge in [0, 0.05) is 19.8 Å². The Morgan fingerprint density at radius 1 is 1.38 bits per heavy atom. The quantitative estimate of drug-likeness (QED) is 0.730. The van der Waals surface area contributed by atoms with Gasteiger partial charge in [-0.05, 0) is 17.0 Å². The fraction of sp³-hybridized carbons (Fsp3) is 0.385. The summed E-state index contributed by atoms with van der Waals surface area (Å²) in [6, 6.07) is 7.83. The van der Waals surface area contributed by atoms with Crippen LogP contribution < -0.4 is 0 Å². The largest absolute Gasteiger partial charge is 0.461 e. The number of ether oxygens (including phenoxy) is 1. The van der Waals surface area contributed by atoms with Gasteiger partial charge in [-0.2, -0.15) is 0 Å². The maximum absolute atomic E-state index is 11.0. The molecule has 84 valence electrons. The average Bonchev–Trinajstić information content (AvgIpc) is 2.22. The Balaban J connectivity index is 2.11. The van der Waals surface area contributed by atoms with Gasteiger partial charge >= 0.3 is 5.97 Å². The molecule has 0 aliphatic heterocycles. The lowest BCUT2D eigenvalue weighted by Gasteiger charge is -2.26. The van der Waals surface area contributed by atoms with Crippen LogP contribution in [0.1, 0.15) is 36.8 Å². The van der Waals surface area contributed by atoms with Crippen molar-refractivity contribution in [2.45, 2.75) is 32.3 Å². The molecule has 1 fully saturated rings. The van der Waals surface area contributed by atoms with Gasteiger partial charge in [-0.15, -0.1) is 0 Å². The number of Topliss-reactive ketones (excluding diaryl/α,β-unsaturated/α-hetero) is 1. The maximum atomic E-state index is 11.0. The lowest BCUT2D eigenvalue weighted by molar-refractivity contribution is -0.142. The van der Waals surface area contributed by atoms with E-state index in [1.54, 1.807) is 0 Å². The van der Waals surface area contributed by atoms with E-state index in [0.717, 1.165) is 11.1 Å². The molecule has 0 amide bonds. The number of rotatable bonds is 3. The van der Waals surface area contributed by atoms with Crippen LogP contribution in [0.3, 0.4) is 0 Å². The Hall–Kier alpha value is -1.64. The molecule has 0 saturated heterocycles. The van der Waals surface area contributed by atoms with Crippen LogP contribution in [-0.4, -0.2) is 11.8 Å². The van der Waals surface area contributed by atoms with Gasteiger partial charge in [-0.3, -0.25) is 9.59 Å². The van der Waals surface area contributed by atoms with Gasteiger partial charge in [0.25, 0.3) is 0 Å². The minimum absolute atomic E-state index is 0.278. The SMILES string of the molecule is CC(=O)OCc1ccccc1C1CC(=O)C1. The molecule has 0 radical (unpaired) electrons. The predicted octanol–water partition coefficient (Wildman–Crippen LogP) is 2.20. The number of hydrogen-bond acceptors (Lipinski definition) is 3. The number of ketones is 1. The third-order valence-corrected chi connectivity index (χ3v) is 2.87. The summed E-state index contributed by atoms with van der Waals surface area (Å²) >= 11 is 0. The molecule has 3 heteroatoms. The van der Waals surface area contributed by atoms with E-state index in [1.165, 1.54) is 6.92 Å². The molecule has 0 bridgehead atoms. The molecule has 3 nitrogen and oxygen atoms in total. The molecule has 0 heterocycles. The highest BCUT2D eigenvalue weighted by Gasteiger charge is 2.29. The number of hydrogen-bond donors (Lipinski definition) is 0. The van der Waals surface area contributed by atoms with Crippen molar-refractivity contribution < 1.29 is 14.3 Å². The van der Waals surface area contributed by atoms with Crippen molar-refractivity contribution >= 4 is 11.8 Å². The van der Waals surface area contributed by atoms with Gasteiger partial charge in [0.05, 0.1) is 0 Å². The van der Waals surface area contributed by atoms with Crippen LogP contribution in [0.25, 0.3) is 0 Å². The molecule has 1 aromatic carbocycles. The van der Waals surface area contributed by atoms with Gasteiger partial charge in [0.1, 0.15) is 12.4 Å². The van der Waals surface area contributed by atoms with E-state index in [4.69, 9.17) is 4.74 Å². The summed E-state index contributed by atoms with van der Waals surface area (Å²) in [6.45, 7) is 1.70. The molecule has 1 aromatic rings. The van der Waals surface area contributed by atoms with E-state index in [1.807, 2.05) is 24.3 Å². The zero-order chi connectivity index (χ0) is 11.5. The Morgan fingerprint density at radius 2 is 2.06 bits per heavy atom. The normalized spacial score (nSPS) is 15.7. The van der Waals surface area contributed by atoms with Crippen molar-refractivity contribution in [2.24, 2.45) is 0 Å². The van der Waals surface area contributed by atoms with Crippen molar-refractivity contribution in [3.63, 3.8) is 0 Å². The van der Waals surface area contributed by atoms with Gasteiger partial charge in [-0.25, -0.2) is 0 Å². The standard InChI is InChI=1S/C13H14O3/c1-9(14)16-8-10-4-2-3-5-13(10)11-6-12(15)7-11/h2-5,11H,6-8H2,1H3.